The van der Waals surface area contributed by atoms with Crippen LogP contribution in [0.15, 0.2) is 30.9 Å². The number of carbonyl (C=O) groups is 2. The highest BCUT2D eigenvalue weighted by atomic mass is 16.5. The summed E-state index contributed by atoms with van der Waals surface area (Å²) in [5, 5.41) is 7.18. The first-order chi connectivity index (χ1) is 14.9. The van der Waals surface area contributed by atoms with E-state index in [-0.39, 0.29) is 17.7 Å². The Morgan fingerprint density at radius 1 is 1.29 bits per heavy atom. The Morgan fingerprint density at radius 3 is 2.97 bits per heavy atom. The summed E-state index contributed by atoms with van der Waals surface area (Å²) in [4.78, 5) is 31.5. The van der Waals surface area contributed by atoms with Crippen molar-refractivity contribution in [1.29, 1.82) is 0 Å². The Bertz CT molecular complexity index is 925. The molecule has 1 atom stereocenters. The quantitative estimate of drug-likeness (QED) is 0.767. The number of nitrogens with zero attached hydrogens (tertiary/aromatic N) is 4. The Hall–Kier alpha value is -2.90. The predicted molar refractivity (Wildman–Crippen MR) is 115 cm³/mol. The van der Waals surface area contributed by atoms with Crippen LogP contribution in [0.25, 0.3) is 0 Å². The third-order valence-electron chi connectivity index (χ3n) is 6.26. The maximum atomic E-state index is 13.1. The zero-order valence-electron chi connectivity index (χ0n) is 18.3. The molecule has 8 heteroatoms. The first-order valence-electron chi connectivity index (χ1n) is 11.1. The van der Waals surface area contributed by atoms with Crippen LogP contribution in [0.2, 0.25) is 0 Å². The maximum Gasteiger partial charge on any atom is 0.250 e. The van der Waals surface area contributed by atoms with E-state index in [9.17, 15) is 9.59 Å². The average Bonchev–Trinajstić information content (AvgIpc) is 3.33. The van der Waals surface area contributed by atoms with Gasteiger partial charge in [-0.3, -0.25) is 9.59 Å². The van der Waals surface area contributed by atoms with Gasteiger partial charge in [-0.25, -0.2) is 9.67 Å². The highest BCUT2D eigenvalue weighted by Crippen LogP contribution is 2.26. The zero-order valence-corrected chi connectivity index (χ0v) is 18.3. The van der Waals surface area contributed by atoms with Crippen LogP contribution in [-0.4, -0.2) is 51.2 Å². The van der Waals surface area contributed by atoms with Crippen molar-refractivity contribution in [1.82, 2.24) is 25.0 Å². The molecule has 2 amide bonds. The van der Waals surface area contributed by atoms with E-state index in [0.717, 1.165) is 43.6 Å². The molecule has 1 N–H and O–H groups in total. The van der Waals surface area contributed by atoms with Crippen molar-refractivity contribution in [2.75, 3.05) is 19.7 Å². The van der Waals surface area contributed by atoms with E-state index in [0.29, 0.717) is 26.1 Å². The molecule has 1 aromatic carbocycles. The van der Waals surface area contributed by atoms with Crippen LogP contribution in [0.3, 0.4) is 0 Å². The zero-order chi connectivity index (χ0) is 21.8. The molecule has 0 aliphatic carbocycles. The van der Waals surface area contributed by atoms with Crippen molar-refractivity contribution in [2.24, 2.45) is 5.92 Å². The second-order valence-corrected chi connectivity index (χ2v) is 9.03. The fourth-order valence-electron chi connectivity index (χ4n) is 4.46. The summed E-state index contributed by atoms with van der Waals surface area (Å²) in [5.74, 6) is 1.17. The normalized spacial score (nSPS) is 18.8. The van der Waals surface area contributed by atoms with Crippen LogP contribution in [0.5, 0.6) is 5.75 Å². The van der Waals surface area contributed by atoms with E-state index in [1.807, 2.05) is 30.9 Å². The molecule has 0 radical (unpaired) electrons. The van der Waals surface area contributed by atoms with Gasteiger partial charge in [-0.05, 0) is 62.6 Å². The first kappa shape index (κ1) is 21.3. The fourth-order valence-corrected chi connectivity index (χ4v) is 4.46. The second-order valence-electron chi connectivity index (χ2n) is 9.03. The van der Waals surface area contributed by atoms with Crippen LogP contribution in [0.4, 0.5) is 0 Å². The van der Waals surface area contributed by atoms with Gasteiger partial charge in [0.25, 0.3) is 0 Å². The number of hydrogen-bond donors (Lipinski definition) is 1. The molecular weight excluding hydrogens is 394 g/mol. The number of amides is 2. The van der Waals surface area contributed by atoms with Crippen LogP contribution < -0.4 is 10.1 Å². The van der Waals surface area contributed by atoms with E-state index in [1.165, 1.54) is 11.9 Å². The van der Waals surface area contributed by atoms with Gasteiger partial charge in [-0.15, -0.1) is 0 Å². The van der Waals surface area contributed by atoms with Crippen molar-refractivity contribution < 1.29 is 14.3 Å². The van der Waals surface area contributed by atoms with Crippen LogP contribution in [0, 0.1) is 5.92 Å². The summed E-state index contributed by atoms with van der Waals surface area (Å²) in [7, 11) is 0. The number of fused-ring (bicyclic) bond motifs is 1. The van der Waals surface area contributed by atoms with Crippen LogP contribution in [0.1, 0.15) is 50.7 Å². The minimum absolute atomic E-state index is 0.0133. The van der Waals surface area contributed by atoms with E-state index in [4.69, 9.17) is 4.74 Å². The Kier molecular flexibility index (Phi) is 6.25. The number of benzene rings is 1. The molecule has 3 heterocycles. The summed E-state index contributed by atoms with van der Waals surface area (Å²) < 4.78 is 7.25. The lowest BCUT2D eigenvalue weighted by atomic mass is 9.92. The largest absolute Gasteiger partial charge is 0.493 e. The number of carbonyl (C=O) groups excluding carboxylic acids is 2. The molecule has 31 heavy (non-hydrogen) atoms. The lowest BCUT2D eigenvalue weighted by molar-refractivity contribution is -0.142. The van der Waals surface area contributed by atoms with Crippen molar-refractivity contribution in [3.05, 3.63) is 42.0 Å². The number of likely N-dealkylation sites (tertiary alicyclic amines) is 1. The minimum atomic E-state index is -0.795. The first-order valence-corrected chi connectivity index (χ1v) is 11.1. The molecule has 1 aromatic heterocycles. The van der Waals surface area contributed by atoms with Crippen molar-refractivity contribution in [2.45, 2.75) is 58.0 Å². The van der Waals surface area contributed by atoms with Gasteiger partial charge in [-0.2, -0.15) is 5.10 Å². The second kappa shape index (κ2) is 9.08. The topological polar surface area (TPSA) is 89.4 Å². The third kappa shape index (κ3) is 4.89. The van der Waals surface area contributed by atoms with Crippen molar-refractivity contribution in [3.63, 3.8) is 0 Å². The molecule has 0 unspecified atom stereocenters. The van der Waals surface area contributed by atoms with Gasteiger partial charge in [0.2, 0.25) is 11.8 Å². The van der Waals surface area contributed by atoms with Gasteiger partial charge in [-0.1, -0.05) is 12.1 Å². The van der Waals surface area contributed by atoms with E-state index < -0.39 is 5.54 Å². The number of aryl methyl sites for hydroxylation is 1. The summed E-state index contributed by atoms with van der Waals surface area (Å²) in [5.41, 5.74) is 1.51. The smallest absolute Gasteiger partial charge is 0.250 e. The lowest BCUT2D eigenvalue weighted by Crippen LogP contribution is -2.51. The molecule has 4 rings (SSSR count). The molecule has 2 aliphatic rings. The van der Waals surface area contributed by atoms with Crippen molar-refractivity contribution in [3.8, 4) is 5.75 Å². The molecule has 8 nitrogen and oxygen atoms in total. The van der Waals surface area contributed by atoms with Gasteiger partial charge in [0.15, 0.2) is 0 Å². The number of nitrogens with one attached hydrogen (secondary N) is 1. The molecule has 1 fully saturated rings. The Balaban J connectivity index is 1.29. The predicted octanol–water partition coefficient (Wildman–Crippen LogP) is 2.28. The molecule has 1 saturated heterocycles. The SMILES string of the molecule is CC(C)(C(=O)N1CCC[C@H](CC(=O)NCc2ccc3c(c2)CCCO3)C1)n1cncn1. The maximum absolute atomic E-state index is 13.1. The van der Waals surface area contributed by atoms with E-state index in [2.05, 4.69) is 21.5 Å². The van der Waals surface area contributed by atoms with Gasteiger partial charge in [0.1, 0.15) is 23.9 Å². The van der Waals surface area contributed by atoms with E-state index >= 15 is 0 Å². The molecular formula is C23H31N5O3. The summed E-state index contributed by atoms with van der Waals surface area (Å²) >= 11 is 0. The molecule has 0 saturated carbocycles. The third-order valence-corrected chi connectivity index (χ3v) is 6.26. The highest BCUT2D eigenvalue weighted by Gasteiger charge is 2.37. The standard InChI is InChI=1S/C23H31N5O3/c1-23(2,28-16-24-15-26-28)22(30)27-9-3-5-18(14-27)12-21(29)25-13-17-7-8-20-19(11-17)6-4-10-31-20/h7-8,11,15-16,18H,3-6,9-10,12-14H2,1-2H3,(H,25,29)/t18-/m1/s1. The van der Waals surface area contributed by atoms with Crippen LogP contribution >= 0.6 is 0 Å². The molecule has 2 aromatic rings. The molecule has 0 spiro atoms. The number of ether oxygens (including phenoxy) is 1. The minimum Gasteiger partial charge on any atom is -0.493 e. The average molecular weight is 426 g/mol. The summed E-state index contributed by atoms with van der Waals surface area (Å²) in [6.45, 7) is 6.31. The fraction of sp³-hybridized carbons (Fsp3) is 0.565. The lowest BCUT2D eigenvalue weighted by Gasteiger charge is -2.37. The molecule has 2 aliphatic heterocycles. The van der Waals surface area contributed by atoms with Gasteiger partial charge in [0, 0.05) is 26.1 Å². The van der Waals surface area contributed by atoms with E-state index in [1.54, 1.807) is 11.0 Å². The van der Waals surface area contributed by atoms with Gasteiger partial charge in [0.05, 0.1) is 6.61 Å². The van der Waals surface area contributed by atoms with Gasteiger partial charge >= 0.3 is 0 Å². The highest BCUT2D eigenvalue weighted by molar-refractivity contribution is 5.84. The molecule has 0 bridgehead atoms. The van der Waals surface area contributed by atoms with Crippen molar-refractivity contribution >= 4 is 11.8 Å². The number of aromatic nitrogens is 3. The summed E-state index contributed by atoms with van der Waals surface area (Å²) in [6.07, 6.45) is 7.36. The Morgan fingerprint density at radius 2 is 2.16 bits per heavy atom. The molecule has 166 valence electrons. The number of rotatable bonds is 6. The number of piperidine rings is 1. The van der Waals surface area contributed by atoms with Gasteiger partial charge < -0.3 is 15.0 Å². The monoisotopic (exact) mass is 425 g/mol. The Labute approximate surface area is 183 Å². The van der Waals surface area contributed by atoms with Crippen LogP contribution in [-0.2, 0) is 28.1 Å². The summed E-state index contributed by atoms with van der Waals surface area (Å²) in [6, 6.07) is 6.14. The number of hydrogen-bond acceptors (Lipinski definition) is 5.